The van der Waals surface area contributed by atoms with Crippen LogP contribution in [-0.2, 0) is 5.41 Å². The molecule has 0 aliphatic heterocycles. The highest BCUT2D eigenvalue weighted by atomic mass is 16.3. The second-order valence-corrected chi connectivity index (χ2v) is 18.7. The zero-order valence-electron chi connectivity index (χ0n) is 37.9. The van der Waals surface area contributed by atoms with Gasteiger partial charge in [-0.15, -0.1) is 0 Å². The van der Waals surface area contributed by atoms with Crippen molar-refractivity contribution < 1.29 is 8.83 Å². The topological polar surface area (TPSA) is 29.5 Å². The van der Waals surface area contributed by atoms with E-state index in [1.807, 2.05) is 12.1 Å². The monoisotopic (exact) mass is 891 g/mol. The molecule has 0 saturated heterocycles. The number of anilines is 3. The molecule has 3 heteroatoms. The Bertz CT molecular complexity index is 4170. The first-order chi connectivity index (χ1) is 34.7. The number of benzene rings is 11. The average Bonchev–Trinajstić information content (AvgIpc) is 4.17. The summed E-state index contributed by atoms with van der Waals surface area (Å²) >= 11 is 0. The van der Waals surface area contributed by atoms with E-state index in [1.54, 1.807) is 0 Å². The lowest BCUT2D eigenvalue weighted by atomic mass is 9.70. The van der Waals surface area contributed by atoms with Crippen LogP contribution in [0.4, 0.5) is 17.1 Å². The van der Waals surface area contributed by atoms with Gasteiger partial charge in [0.2, 0.25) is 0 Å². The summed E-state index contributed by atoms with van der Waals surface area (Å²) in [7, 11) is 0. The molecule has 1 spiro atoms. The number of para-hydroxylation sites is 1. The van der Waals surface area contributed by atoms with Gasteiger partial charge in [0, 0.05) is 44.2 Å². The number of furan rings is 2. The summed E-state index contributed by atoms with van der Waals surface area (Å²) < 4.78 is 13.6. The van der Waals surface area contributed by atoms with Gasteiger partial charge in [-0.2, -0.15) is 0 Å². The molecule has 0 bridgehead atoms. The Morgan fingerprint density at radius 3 is 1.54 bits per heavy atom. The van der Waals surface area contributed by atoms with Crippen molar-refractivity contribution in [3.63, 3.8) is 0 Å². The first-order valence-electron chi connectivity index (χ1n) is 24.1. The maximum absolute atomic E-state index is 6.95. The number of hydrogen-bond acceptors (Lipinski definition) is 3. The Hall–Kier alpha value is -9.18. The van der Waals surface area contributed by atoms with Crippen molar-refractivity contribution in [2.24, 2.45) is 0 Å². The second-order valence-electron chi connectivity index (χ2n) is 18.7. The highest BCUT2D eigenvalue weighted by Crippen LogP contribution is 2.63. The quantitative estimate of drug-likeness (QED) is 0.167. The van der Waals surface area contributed by atoms with Gasteiger partial charge < -0.3 is 13.7 Å². The summed E-state index contributed by atoms with van der Waals surface area (Å²) in [6, 6.07) is 90.4. The lowest BCUT2D eigenvalue weighted by Gasteiger charge is -2.32. The highest BCUT2D eigenvalue weighted by molar-refractivity contribution is 6.25. The van der Waals surface area contributed by atoms with Crippen molar-refractivity contribution in [1.82, 2.24) is 0 Å². The Morgan fingerprint density at radius 2 is 0.829 bits per heavy atom. The summed E-state index contributed by atoms with van der Waals surface area (Å²) in [6.45, 7) is 0. The molecular weight excluding hydrogens is 851 g/mol. The first kappa shape index (κ1) is 38.9. The second kappa shape index (κ2) is 14.9. The summed E-state index contributed by atoms with van der Waals surface area (Å²) in [5.74, 6) is 0. The lowest BCUT2D eigenvalue weighted by Crippen LogP contribution is -2.26. The van der Waals surface area contributed by atoms with E-state index in [2.05, 4.69) is 241 Å². The smallest absolute Gasteiger partial charge is 0.144 e. The van der Waals surface area contributed by atoms with E-state index in [4.69, 9.17) is 8.83 Å². The van der Waals surface area contributed by atoms with Gasteiger partial charge >= 0.3 is 0 Å². The molecule has 0 fully saturated rings. The molecule has 13 aromatic rings. The van der Waals surface area contributed by atoms with Gasteiger partial charge in [0.25, 0.3) is 0 Å². The summed E-state index contributed by atoms with van der Waals surface area (Å²) in [4.78, 5) is 2.43. The molecule has 0 radical (unpaired) electrons. The minimum atomic E-state index is -0.461. The molecule has 326 valence electrons. The van der Waals surface area contributed by atoms with Crippen LogP contribution in [0.3, 0.4) is 0 Å². The molecule has 0 amide bonds. The van der Waals surface area contributed by atoms with Gasteiger partial charge in [-0.25, -0.2) is 0 Å². The van der Waals surface area contributed by atoms with Crippen molar-refractivity contribution >= 4 is 60.9 Å². The number of nitrogens with zero attached hydrogens (tertiary/aromatic N) is 1. The van der Waals surface area contributed by atoms with Crippen molar-refractivity contribution in [3.8, 4) is 55.6 Å². The molecule has 2 aliphatic carbocycles. The Balaban J connectivity index is 0.925. The Morgan fingerprint density at radius 1 is 0.286 bits per heavy atom. The highest BCUT2D eigenvalue weighted by Gasteiger charge is 2.51. The van der Waals surface area contributed by atoms with E-state index in [9.17, 15) is 0 Å². The number of rotatable bonds is 6. The third-order valence-electron chi connectivity index (χ3n) is 15.1. The summed E-state index contributed by atoms with van der Waals surface area (Å²) in [5, 5.41) is 4.24. The lowest BCUT2D eigenvalue weighted by molar-refractivity contribution is 0.664. The van der Waals surface area contributed by atoms with Crippen molar-refractivity contribution in [3.05, 3.63) is 271 Å². The average molecular weight is 892 g/mol. The molecule has 11 aromatic carbocycles. The van der Waals surface area contributed by atoms with Crippen LogP contribution in [0.25, 0.3) is 99.5 Å². The molecule has 2 heterocycles. The third kappa shape index (κ3) is 5.46. The molecule has 0 saturated carbocycles. The van der Waals surface area contributed by atoms with Crippen LogP contribution in [0.5, 0.6) is 0 Å². The van der Waals surface area contributed by atoms with Gasteiger partial charge in [-0.3, -0.25) is 0 Å². The van der Waals surface area contributed by atoms with E-state index < -0.39 is 5.41 Å². The van der Waals surface area contributed by atoms with Gasteiger partial charge in [0.05, 0.1) is 5.41 Å². The Kier molecular flexibility index (Phi) is 8.28. The zero-order valence-corrected chi connectivity index (χ0v) is 37.9. The Labute approximate surface area is 404 Å². The summed E-state index contributed by atoms with van der Waals surface area (Å²) in [6.07, 6.45) is 0. The van der Waals surface area contributed by atoms with Crippen molar-refractivity contribution in [1.29, 1.82) is 0 Å². The standard InChI is InChI=1S/C67H41NO2/c1-3-17-42(18-4-1)45-21-15-22-47(39-45)68(48-37-38-53-52-25-9-13-30-58(52)67(59(53)40-48)56-28-11-7-23-50(56)51-24-8-12-29-57(51)67)46-35-33-43(34-36-46)49-27-16-32-61-64(49)55-41-62-65(54-26-10-14-31-60(54)69-62)63(66(55)70-61)44-19-5-2-6-20-44/h1-41H. The zero-order chi connectivity index (χ0) is 45.9. The SMILES string of the molecule is c1ccc(-c2cccc(N(c3ccc(-c4cccc5oc6c(-c7ccccc7)c7c(cc6c45)oc4ccccc47)cc3)c3ccc4c(c3)C3(c5ccccc5-c5ccccc53)c3ccccc3-4)c2)cc1. The molecular formula is C67H41NO2. The first-order valence-corrected chi connectivity index (χ1v) is 24.1. The molecule has 70 heavy (non-hydrogen) atoms. The molecule has 15 rings (SSSR count). The normalized spacial score (nSPS) is 13.0. The molecule has 3 nitrogen and oxygen atoms in total. The minimum Gasteiger partial charge on any atom is -0.456 e. The fourth-order valence-corrected chi connectivity index (χ4v) is 12.2. The van der Waals surface area contributed by atoms with Gasteiger partial charge in [-0.05, 0) is 127 Å². The molecule has 2 aromatic heterocycles. The van der Waals surface area contributed by atoms with E-state index in [0.29, 0.717) is 0 Å². The molecule has 0 N–H and O–H groups in total. The van der Waals surface area contributed by atoms with Gasteiger partial charge in [0.1, 0.15) is 22.3 Å². The minimum absolute atomic E-state index is 0.461. The van der Waals surface area contributed by atoms with E-state index >= 15 is 0 Å². The predicted molar refractivity (Wildman–Crippen MR) is 288 cm³/mol. The van der Waals surface area contributed by atoms with Crippen LogP contribution in [-0.4, -0.2) is 0 Å². The maximum atomic E-state index is 6.95. The largest absolute Gasteiger partial charge is 0.456 e. The molecule has 0 atom stereocenters. The molecule has 0 unspecified atom stereocenters. The van der Waals surface area contributed by atoms with Gasteiger partial charge in [0.15, 0.2) is 0 Å². The number of hydrogen-bond donors (Lipinski definition) is 0. The maximum Gasteiger partial charge on any atom is 0.144 e. The van der Waals surface area contributed by atoms with Crippen LogP contribution >= 0.6 is 0 Å². The predicted octanol–water partition coefficient (Wildman–Crippen LogP) is 18.3. The fraction of sp³-hybridized carbons (Fsp3) is 0.0149. The fourth-order valence-electron chi connectivity index (χ4n) is 12.2. The van der Waals surface area contributed by atoms with E-state index in [1.165, 1.54) is 50.1 Å². The van der Waals surface area contributed by atoms with Crippen LogP contribution < -0.4 is 4.90 Å². The third-order valence-corrected chi connectivity index (χ3v) is 15.1. The van der Waals surface area contributed by atoms with Crippen LogP contribution in [0.1, 0.15) is 22.3 Å². The van der Waals surface area contributed by atoms with Crippen LogP contribution in [0.15, 0.2) is 258 Å². The van der Waals surface area contributed by atoms with E-state index in [0.717, 1.165) is 88.8 Å². The van der Waals surface area contributed by atoms with Crippen molar-refractivity contribution in [2.75, 3.05) is 4.90 Å². The van der Waals surface area contributed by atoms with E-state index in [-0.39, 0.29) is 0 Å². The summed E-state index contributed by atoms with van der Waals surface area (Å²) in [5.41, 5.74) is 23.3. The number of fused-ring (bicyclic) bond motifs is 16. The van der Waals surface area contributed by atoms with Crippen LogP contribution in [0.2, 0.25) is 0 Å². The van der Waals surface area contributed by atoms with Crippen molar-refractivity contribution in [2.45, 2.75) is 5.41 Å². The molecule has 2 aliphatic rings. The van der Waals surface area contributed by atoms with Gasteiger partial charge in [-0.1, -0.05) is 194 Å². The van der Waals surface area contributed by atoms with Crippen LogP contribution in [0, 0.1) is 0 Å².